The maximum absolute atomic E-state index is 13.7. The Kier molecular flexibility index (Phi) is 5.51. The lowest BCUT2D eigenvalue weighted by Gasteiger charge is -2.23. The van der Waals surface area contributed by atoms with E-state index in [4.69, 9.17) is 4.84 Å². The molecule has 0 spiro atoms. The fourth-order valence-corrected chi connectivity index (χ4v) is 4.51. The number of sulfonamides is 1. The number of nitrogens with one attached hydrogen (secondary N) is 1. The van der Waals surface area contributed by atoms with Gasteiger partial charge in [-0.1, -0.05) is 30.3 Å². The maximum atomic E-state index is 13.7. The van der Waals surface area contributed by atoms with Crippen molar-refractivity contribution in [3.8, 4) is 0 Å². The predicted molar refractivity (Wildman–Crippen MR) is 95.5 cm³/mol. The standard InChI is InChI=1S/C17H18FN3O5S/c1-20-17(12-6-4-7-14(9-12)21(22)23)16(11-26-20)27(24,25)19-10-13-5-2-3-8-15(13)18/h2-9,16-17,19H,10-11H2,1H3/t16-,17-/m0/s1. The molecule has 0 aliphatic carbocycles. The maximum Gasteiger partial charge on any atom is 0.269 e. The highest BCUT2D eigenvalue weighted by Gasteiger charge is 2.43. The SMILES string of the molecule is CN1OC[C@H](S(=O)(=O)NCc2ccccc2F)[C@@H]1c1cccc([N+](=O)[O-])c1. The average molecular weight is 395 g/mol. The lowest BCUT2D eigenvalue weighted by molar-refractivity contribution is -0.385. The van der Waals surface area contributed by atoms with Gasteiger partial charge in [0.25, 0.3) is 5.69 Å². The molecule has 1 N–H and O–H groups in total. The molecule has 0 amide bonds. The smallest absolute Gasteiger partial charge is 0.269 e. The topological polar surface area (TPSA) is 102 Å². The number of halogens is 1. The molecule has 0 radical (unpaired) electrons. The van der Waals surface area contributed by atoms with Crippen molar-refractivity contribution >= 4 is 15.7 Å². The molecular weight excluding hydrogens is 377 g/mol. The molecule has 1 saturated heterocycles. The molecule has 0 saturated carbocycles. The van der Waals surface area contributed by atoms with E-state index in [9.17, 15) is 22.9 Å². The highest BCUT2D eigenvalue weighted by molar-refractivity contribution is 7.90. The molecule has 0 bridgehead atoms. The quantitative estimate of drug-likeness (QED) is 0.594. The van der Waals surface area contributed by atoms with E-state index in [0.717, 1.165) is 0 Å². The Morgan fingerprint density at radius 1 is 1.30 bits per heavy atom. The number of nitro benzene ring substituents is 1. The number of hydrogen-bond acceptors (Lipinski definition) is 6. The van der Waals surface area contributed by atoms with Crippen molar-refractivity contribution in [2.75, 3.05) is 13.7 Å². The summed E-state index contributed by atoms with van der Waals surface area (Å²) in [7, 11) is -2.33. The van der Waals surface area contributed by atoms with E-state index in [-0.39, 0.29) is 24.4 Å². The van der Waals surface area contributed by atoms with Gasteiger partial charge in [-0.2, -0.15) is 5.06 Å². The Bertz CT molecular complexity index is 953. The van der Waals surface area contributed by atoms with Crippen LogP contribution in [0.5, 0.6) is 0 Å². The second-order valence-electron chi connectivity index (χ2n) is 6.13. The van der Waals surface area contributed by atoms with Gasteiger partial charge < -0.3 is 0 Å². The summed E-state index contributed by atoms with van der Waals surface area (Å²) in [5.74, 6) is -0.504. The Morgan fingerprint density at radius 2 is 2.04 bits per heavy atom. The number of nitrogens with zero attached hydrogens (tertiary/aromatic N) is 2. The highest BCUT2D eigenvalue weighted by Crippen LogP contribution is 2.34. The zero-order valence-electron chi connectivity index (χ0n) is 14.4. The molecule has 1 heterocycles. The summed E-state index contributed by atoms with van der Waals surface area (Å²) < 4.78 is 41.7. The first-order valence-electron chi connectivity index (χ1n) is 8.11. The van der Waals surface area contributed by atoms with Gasteiger partial charge in [-0.05, 0) is 11.6 Å². The minimum Gasteiger partial charge on any atom is -0.297 e. The summed E-state index contributed by atoms with van der Waals surface area (Å²) in [6.07, 6.45) is 0. The molecule has 27 heavy (non-hydrogen) atoms. The van der Waals surface area contributed by atoms with Gasteiger partial charge in [0.1, 0.15) is 11.1 Å². The Morgan fingerprint density at radius 3 is 2.74 bits per heavy atom. The van der Waals surface area contributed by atoms with Crippen molar-refractivity contribution in [2.45, 2.75) is 17.8 Å². The first-order valence-corrected chi connectivity index (χ1v) is 9.66. The third-order valence-corrected chi connectivity index (χ3v) is 6.17. The van der Waals surface area contributed by atoms with Crippen LogP contribution in [0.1, 0.15) is 17.2 Å². The molecule has 10 heteroatoms. The van der Waals surface area contributed by atoms with Crippen molar-refractivity contribution in [2.24, 2.45) is 0 Å². The normalized spacial score (nSPS) is 20.7. The fourth-order valence-electron chi connectivity index (χ4n) is 3.03. The molecule has 0 aromatic heterocycles. The molecule has 8 nitrogen and oxygen atoms in total. The molecule has 0 unspecified atom stereocenters. The van der Waals surface area contributed by atoms with Crippen molar-refractivity contribution in [1.82, 2.24) is 9.79 Å². The summed E-state index contributed by atoms with van der Waals surface area (Å²) >= 11 is 0. The lowest BCUT2D eigenvalue weighted by Crippen LogP contribution is -2.39. The summed E-state index contributed by atoms with van der Waals surface area (Å²) in [6.45, 7) is -0.312. The lowest BCUT2D eigenvalue weighted by atomic mass is 10.0. The number of non-ortho nitro benzene ring substituents is 1. The monoisotopic (exact) mass is 395 g/mol. The summed E-state index contributed by atoms with van der Waals surface area (Å²) in [5.41, 5.74) is 0.536. The van der Waals surface area contributed by atoms with Gasteiger partial charge >= 0.3 is 0 Å². The largest absolute Gasteiger partial charge is 0.297 e. The van der Waals surface area contributed by atoms with Crippen molar-refractivity contribution in [1.29, 1.82) is 0 Å². The number of nitro groups is 1. The van der Waals surface area contributed by atoms with Crippen molar-refractivity contribution < 1.29 is 22.6 Å². The van der Waals surface area contributed by atoms with Crippen LogP contribution in [0.3, 0.4) is 0 Å². The Balaban J connectivity index is 1.84. The molecule has 1 aliphatic heterocycles. The van der Waals surface area contributed by atoms with E-state index in [1.807, 2.05) is 0 Å². The number of hydroxylamine groups is 2. The zero-order valence-corrected chi connectivity index (χ0v) is 15.2. The molecule has 2 aromatic carbocycles. The van der Waals surface area contributed by atoms with E-state index in [1.54, 1.807) is 19.2 Å². The first kappa shape index (κ1) is 19.4. The molecule has 1 aliphatic rings. The van der Waals surface area contributed by atoms with Crippen LogP contribution in [0.15, 0.2) is 48.5 Å². The number of rotatable bonds is 6. The summed E-state index contributed by atoms with van der Waals surface area (Å²) in [5, 5.41) is 11.4. The Labute approximate surface area is 155 Å². The zero-order chi connectivity index (χ0) is 19.6. The second-order valence-corrected chi connectivity index (χ2v) is 8.12. The minimum absolute atomic E-state index is 0.115. The number of benzene rings is 2. The van der Waals surface area contributed by atoms with Crippen molar-refractivity contribution in [3.63, 3.8) is 0 Å². The van der Waals surface area contributed by atoms with Crippen LogP contribution >= 0.6 is 0 Å². The van der Waals surface area contributed by atoms with Crippen LogP contribution in [0, 0.1) is 15.9 Å². The van der Waals surface area contributed by atoms with Crippen LogP contribution in [-0.2, 0) is 21.4 Å². The van der Waals surface area contributed by atoms with Gasteiger partial charge in [-0.25, -0.2) is 17.5 Å². The molecule has 1 fully saturated rings. The van der Waals surface area contributed by atoms with Gasteiger partial charge in [0.15, 0.2) is 0 Å². The fraction of sp³-hybridized carbons (Fsp3) is 0.294. The third-order valence-electron chi connectivity index (χ3n) is 4.43. The van der Waals surface area contributed by atoms with E-state index < -0.39 is 32.1 Å². The van der Waals surface area contributed by atoms with Gasteiger partial charge in [-0.15, -0.1) is 0 Å². The summed E-state index contributed by atoms with van der Waals surface area (Å²) in [4.78, 5) is 15.8. The molecule has 3 rings (SSSR count). The van der Waals surface area contributed by atoms with Crippen LogP contribution in [0.4, 0.5) is 10.1 Å². The van der Waals surface area contributed by atoms with Crippen LogP contribution in [0.25, 0.3) is 0 Å². The first-order chi connectivity index (χ1) is 12.8. The molecule has 144 valence electrons. The van der Waals surface area contributed by atoms with E-state index in [0.29, 0.717) is 5.56 Å². The van der Waals surface area contributed by atoms with Crippen LogP contribution in [0.2, 0.25) is 0 Å². The molecule has 2 atom stereocenters. The van der Waals surface area contributed by atoms with Gasteiger partial charge in [0.05, 0.1) is 17.6 Å². The van der Waals surface area contributed by atoms with Gasteiger partial charge in [0, 0.05) is 31.3 Å². The van der Waals surface area contributed by atoms with E-state index in [2.05, 4.69) is 4.72 Å². The summed E-state index contributed by atoms with van der Waals surface area (Å²) in [6, 6.07) is 10.9. The van der Waals surface area contributed by atoms with Crippen LogP contribution in [-0.4, -0.2) is 37.3 Å². The highest BCUT2D eigenvalue weighted by atomic mass is 32.2. The Hall–Kier alpha value is -2.40. The van der Waals surface area contributed by atoms with Crippen LogP contribution < -0.4 is 4.72 Å². The third kappa shape index (κ3) is 4.14. The van der Waals surface area contributed by atoms with Gasteiger partial charge in [0.2, 0.25) is 10.0 Å². The minimum atomic E-state index is -3.89. The predicted octanol–water partition coefficient (Wildman–Crippen LogP) is 2.14. The number of hydrogen-bond donors (Lipinski definition) is 1. The van der Waals surface area contributed by atoms with E-state index in [1.165, 1.54) is 41.5 Å². The molecule has 2 aromatic rings. The van der Waals surface area contributed by atoms with Crippen molar-refractivity contribution in [3.05, 3.63) is 75.6 Å². The van der Waals surface area contributed by atoms with Gasteiger partial charge in [-0.3, -0.25) is 15.0 Å². The van der Waals surface area contributed by atoms with E-state index >= 15 is 0 Å². The molecular formula is C17H18FN3O5S. The second kappa shape index (κ2) is 7.69. The average Bonchev–Trinajstić information content (AvgIpc) is 3.03.